The summed E-state index contributed by atoms with van der Waals surface area (Å²) in [6.45, 7) is 1.83. The number of aryl methyl sites for hydroxylation is 1. The lowest BCUT2D eigenvalue weighted by Gasteiger charge is -2.13. The molecule has 3 heteroatoms. The lowest BCUT2D eigenvalue weighted by Crippen LogP contribution is -2.15. The first-order valence-electron chi connectivity index (χ1n) is 4.17. The molecule has 0 aromatic heterocycles. The standard InChI is InChI=1S/C11H7BrO2/c1-6-3-2-4-7-9(13)5-8(12)11(14)10(6)7/h2-5H,1H3. The van der Waals surface area contributed by atoms with Crippen LogP contribution in [0.1, 0.15) is 26.3 Å². The third-order valence-electron chi connectivity index (χ3n) is 2.24. The maximum Gasteiger partial charge on any atom is 0.201 e. The zero-order valence-corrected chi connectivity index (χ0v) is 9.09. The number of rotatable bonds is 0. The molecule has 0 aliphatic heterocycles. The Hall–Kier alpha value is -1.22. The van der Waals surface area contributed by atoms with E-state index in [1.807, 2.05) is 13.0 Å². The predicted molar refractivity (Wildman–Crippen MR) is 56.9 cm³/mol. The van der Waals surface area contributed by atoms with Gasteiger partial charge in [0.25, 0.3) is 0 Å². The largest absolute Gasteiger partial charge is 0.289 e. The molecule has 14 heavy (non-hydrogen) atoms. The number of carbonyl (C=O) groups is 2. The highest BCUT2D eigenvalue weighted by atomic mass is 79.9. The maximum absolute atomic E-state index is 11.7. The fourth-order valence-electron chi connectivity index (χ4n) is 1.55. The minimum atomic E-state index is -0.116. The summed E-state index contributed by atoms with van der Waals surface area (Å²) in [5, 5.41) is 0. The predicted octanol–water partition coefficient (Wildman–Crippen LogP) is 2.65. The highest BCUT2D eigenvalue weighted by Gasteiger charge is 2.25. The molecule has 2 nitrogen and oxygen atoms in total. The number of fused-ring (bicyclic) bond motifs is 1. The number of allylic oxidation sites excluding steroid dienone is 2. The summed E-state index contributed by atoms with van der Waals surface area (Å²) in [6, 6.07) is 5.29. The summed E-state index contributed by atoms with van der Waals surface area (Å²) in [5.74, 6) is -0.229. The van der Waals surface area contributed by atoms with Gasteiger partial charge >= 0.3 is 0 Å². The Kier molecular flexibility index (Phi) is 2.11. The number of carbonyl (C=O) groups excluding carboxylic acids is 2. The normalized spacial score (nSPS) is 15.1. The van der Waals surface area contributed by atoms with Gasteiger partial charge in [0.2, 0.25) is 5.78 Å². The van der Waals surface area contributed by atoms with Gasteiger partial charge in [0.05, 0.1) is 4.48 Å². The molecule has 0 amide bonds. The summed E-state index contributed by atoms with van der Waals surface area (Å²) in [5.41, 5.74) is 1.86. The zero-order chi connectivity index (χ0) is 10.3. The zero-order valence-electron chi connectivity index (χ0n) is 7.50. The maximum atomic E-state index is 11.7. The van der Waals surface area contributed by atoms with Crippen LogP contribution in [0.4, 0.5) is 0 Å². The van der Waals surface area contributed by atoms with Crippen molar-refractivity contribution in [1.82, 2.24) is 0 Å². The van der Waals surface area contributed by atoms with E-state index in [1.165, 1.54) is 6.08 Å². The number of halogens is 1. The van der Waals surface area contributed by atoms with Gasteiger partial charge in [0.15, 0.2) is 5.78 Å². The van der Waals surface area contributed by atoms with E-state index in [0.717, 1.165) is 5.56 Å². The first kappa shape index (κ1) is 9.34. The van der Waals surface area contributed by atoms with Gasteiger partial charge in [0.1, 0.15) is 0 Å². The van der Waals surface area contributed by atoms with E-state index in [4.69, 9.17) is 0 Å². The Morgan fingerprint density at radius 1 is 1.21 bits per heavy atom. The van der Waals surface area contributed by atoms with Gasteiger partial charge in [-0.1, -0.05) is 18.2 Å². The van der Waals surface area contributed by atoms with Gasteiger partial charge in [-0.3, -0.25) is 9.59 Å². The quantitative estimate of drug-likeness (QED) is 0.710. The monoisotopic (exact) mass is 250 g/mol. The molecule has 1 aromatic rings. The van der Waals surface area contributed by atoms with Crippen molar-refractivity contribution in [3.05, 3.63) is 45.4 Å². The molecule has 1 aliphatic carbocycles. The molecule has 1 aromatic carbocycles. The van der Waals surface area contributed by atoms with Gasteiger partial charge in [-0.15, -0.1) is 0 Å². The molecular weight excluding hydrogens is 244 g/mol. The molecule has 0 fully saturated rings. The Morgan fingerprint density at radius 2 is 1.93 bits per heavy atom. The second kappa shape index (κ2) is 3.17. The van der Waals surface area contributed by atoms with Crippen molar-refractivity contribution in [1.29, 1.82) is 0 Å². The Morgan fingerprint density at radius 3 is 2.64 bits per heavy atom. The summed E-state index contributed by atoms with van der Waals surface area (Å²) in [4.78, 5) is 23.3. The number of benzene rings is 1. The number of Topliss-reactive ketones (excluding diaryl/α,β-unsaturated/α-hetero) is 1. The smallest absolute Gasteiger partial charge is 0.201 e. The topological polar surface area (TPSA) is 34.1 Å². The van der Waals surface area contributed by atoms with Crippen LogP contribution in [-0.2, 0) is 0 Å². The summed E-state index contributed by atoms with van der Waals surface area (Å²) >= 11 is 3.09. The first-order chi connectivity index (χ1) is 6.61. The Labute approximate surface area is 89.8 Å². The first-order valence-corrected chi connectivity index (χ1v) is 4.96. The second-order valence-corrected chi connectivity index (χ2v) is 4.04. The van der Waals surface area contributed by atoms with E-state index in [9.17, 15) is 9.59 Å². The summed E-state index contributed by atoms with van der Waals surface area (Å²) < 4.78 is 0.337. The van der Waals surface area contributed by atoms with Crippen LogP contribution in [0.25, 0.3) is 0 Å². The van der Waals surface area contributed by atoms with Crippen molar-refractivity contribution in [2.45, 2.75) is 6.92 Å². The fourth-order valence-corrected chi connectivity index (χ4v) is 1.96. The highest BCUT2D eigenvalue weighted by Crippen LogP contribution is 2.26. The van der Waals surface area contributed by atoms with E-state index in [2.05, 4.69) is 15.9 Å². The van der Waals surface area contributed by atoms with Crippen molar-refractivity contribution in [3.63, 3.8) is 0 Å². The van der Waals surface area contributed by atoms with E-state index in [1.54, 1.807) is 12.1 Å². The van der Waals surface area contributed by atoms with E-state index >= 15 is 0 Å². The number of hydrogen-bond donors (Lipinski definition) is 0. The second-order valence-electron chi connectivity index (χ2n) is 3.18. The number of ketones is 2. The third-order valence-corrected chi connectivity index (χ3v) is 2.83. The molecule has 0 atom stereocenters. The fraction of sp³-hybridized carbons (Fsp3) is 0.0909. The molecule has 0 heterocycles. The Balaban J connectivity index is 2.76. The molecule has 0 N–H and O–H groups in total. The minimum absolute atomic E-state index is 0.113. The molecule has 0 unspecified atom stereocenters. The number of hydrogen-bond acceptors (Lipinski definition) is 2. The third kappa shape index (κ3) is 1.24. The molecule has 0 saturated heterocycles. The molecule has 0 spiro atoms. The lowest BCUT2D eigenvalue weighted by molar-refractivity contribution is 0.0991. The van der Waals surface area contributed by atoms with Crippen molar-refractivity contribution in [2.75, 3.05) is 0 Å². The van der Waals surface area contributed by atoms with Crippen molar-refractivity contribution >= 4 is 27.5 Å². The van der Waals surface area contributed by atoms with Crippen LogP contribution in [0.3, 0.4) is 0 Å². The van der Waals surface area contributed by atoms with Crippen LogP contribution < -0.4 is 0 Å². The van der Waals surface area contributed by atoms with E-state index < -0.39 is 0 Å². The SMILES string of the molecule is Cc1cccc2c1C(=O)C(Br)=CC2=O. The molecule has 0 radical (unpaired) electrons. The lowest BCUT2D eigenvalue weighted by atomic mass is 9.91. The van der Waals surface area contributed by atoms with Crippen LogP contribution in [0.5, 0.6) is 0 Å². The summed E-state index contributed by atoms with van der Waals surface area (Å²) in [6.07, 6.45) is 1.32. The van der Waals surface area contributed by atoms with Gasteiger partial charge < -0.3 is 0 Å². The van der Waals surface area contributed by atoms with Gasteiger partial charge in [-0.25, -0.2) is 0 Å². The van der Waals surface area contributed by atoms with Gasteiger partial charge in [-0.2, -0.15) is 0 Å². The molecule has 2 rings (SSSR count). The average Bonchev–Trinajstić information content (AvgIpc) is 2.14. The van der Waals surface area contributed by atoms with E-state index in [0.29, 0.717) is 15.6 Å². The van der Waals surface area contributed by atoms with Crippen molar-refractivity contribution in [2.24, 2.45) is 0 Å². The average molecular weight is 251 g/mol. The van der Waals surface area contributed by atoms with Gasteiger partial charge in [-0.05, 0) is 28.4 Å². The van der Waals surface area contributed by atoms with Crippen LogP contribution >= 0.6 is 15.9 Å². The van der Waals surface area contributed by atoms with Crippen LogP contribution in [-0.4, -0.2) is 11.6 Å². The highest BCUT2D eigenvalue weighted by molar-refractivity contribution is 9.12. The minimum Gasteiger partial charge on any atom is -0.289 e. The van der Waals surface area contributed by atoms with Gasteiger partial charge in [0, 0.05) is 17.2 Å². The Bertz CT molecular complexity index is 472. The molecule has 0 saturated carbocycles. The molecule has 70 valence electrons. The van der Waals surface area contributed by atoms with Crippen molar-refractivity contribution in [3.8, 4) is 0 Å². The molecule has 1 aliphatic rings. The van der Waals surface area contributed by atoms with Crippen LogP contribution in [0, 0.1) is 6.92 Å². The summed E-state index contributed by atoms with van der Waals surface area (Å²) in [7, 11) is 0. The van der Waals surface area contributed by atoms with E-state index in [-0.39, 0.29) is 11.6 Å². The van der Waals surface area contributed by atoms with Crippen LogP contribution in [0.15, 0.2) is 28.8 Å². The van der Waals surface area contributed by atoms with Crippen molar-refractivity contribution < 1.29 is 9.59 Å². The molecular formula is C11H7BrO2. The molecule has 0 bridgehead atoms. The van der Waals surface area contributed by atoms with Crippen LogP contribution in [0.2, 0.25) is 0 Å².